The van der Waals surface area contributed by atoms with E-state index in [0.29, 0.717) is 29.9 Å². The number of rotatable bonds is 5. The van der Waals surface area contributed by atoms with Gasteiger partial charge in [-0.2, -0.15) is 0 Å². The van der Waals surface area contributed by atoms with Crippen LogP contribution < -0.4 is 5.32 Å². The zero-order chi connectivity index (χ0) is 19.5. The van der Waals surface area contributed by atoms with Gasteiger partial charge in [0.2, 0.25) is 11.0 Å². The van der Waals surface area contributed by atoms with Gasteiger partial charge in [0.05, 0.1) is 16.4 Å². The first kappa shape index (κ1) is 18.6. The maximum Gasteiger partial charge on any atom is 0.246 e. The molecule has 1 atom stereocenters. The molecule has 1 aliphatic heterocycles. The molecule has 0 radical (unpaired) electrons. The van der Waals surface area contributed by atoms with Gasteiger partial charge in [-0.05, 0) is 26.3 Å². The zero-order valence-electron chi connectivity index (χ0n) is 15.5. The van der Waals surface area contributed by atoms with Crippen LogP contribution in [0.4, 0.5) is 10.9 Å². The van der Waals surface area contributed by atoms with E-state index in [0.717, 1.165) is 22.8 Å². The normalized spacial score (nSPS) is 16.8. The molecule has 4 heterocycles. The van der Waals surface area contributed by atoms with E-state index in [1.165, 1.54) is 11.3 Å². The zero-order valence-corrected chi connectivity index (χ0v) is 17.1. The Morgan fingerprint density at radius 1 is 1.29 bits per heavy atom. The highest BCUT2D eigenvalue weighted by molar-refractivity contribution is 7.13. The van der Waals surface area contributed by atoms with Crippen LogP contribution in [0.25, 0.3) is 6.08 Å². The maximum atomic E-state index is 12.5. The summed E-state index contributed by atoms with van der Waals surface area (Å²) in [5, 5.41) is 14.6. The fourth-order valence-corrected chi connectivity index (χ4v) is 4.15. The van der Waals surface area contributed by atoms with Crippen molar-refractivity contribution >= 4 is 45.6 Å². The summed E-state index contributed by atoms with van der Waals surface area (Å²) in [5.74, 6) is 1.58. The third-order valence-corrected chi connectivity index (χ3v) is 5.80. The monoisotopic (exact) mass is 413 g/mol. The molecule has 1 fully saturated rings. The van der Waals surface area contributed by atoms with Crippen molar-refractivity contribution in [3.63, 3.8) is 0 Å². The first-order valence-corrected chi connectivity index (χ1v) is 10.6. The third-order valence-electron chi connectivity index (χ3n) is 4.40. The van der Waals surface area contributed by atoms with Crippen LogP contribution in [-0.2, 0) is 4.79 Å². The van der Waals surface area contributed by atoms with Crippen LogP contribution >= 0.6 is 22.7 Å². The molecule has 1 saturated heterocycles. The van der Waals surface area contributed by atoms with E-state index in [9.17, 15) is 4.79 Å². The molecule has 3 aromatic rings. The summed E-state index contributed by atoms with van der Waals surface area (Å²) in [5.41, 5.74) is 3.43. The number of thiazole rings is 1. The van der Waals surface area contributed by atoms with Gasteiger partial charge in [0.1, 0.15) is 17.2 Å². The molecule has 144 valence electrons. The largest absolute Gasteiger partial charge is 0.338 e. The van der Waals surface area contributed by atoms with Crippen molar-refractivity contribution in [2.24, 2.45) is 0 Å². The number of hydrogen-bond acceptors (Lipinski definition) is 9. The molecule has 1 N–H and O–H groups in total. The molecule has 10 heteroatoms. The van der Waals surface area contributed by atoms with Crippen molar-refractivity contribution in [1.82, 2.24) is 30.0 Å². The van der Waals surface area contributed by atoms with Crippen LogP contribution in [0, 0.1) is 13.8 Å². The summed E-state index contributed by atoms with van der Waals surface area (Å²) in [6, 6.07) is 1.93. The van der Waals surface area contributed by atoms with Gasteiger partial charge in [0, 0.05) is 36.5 Å². The molecule has 0 spiro atoms. The number of nitrogens with zero attached hydrogens (tertiary/aromatic N) is 6. The summed E-state index contributed by atoms with van der Waals surface area (Å²) >= 11 is 2.99. The standard InChI is InChI=1S/C18H19N7OS2/c1-11-20-15(7-16(21-11)23-18-24-19-10-28-18)13-5-6-25(8-13)17(26)4-3-14-9-27-12(2)22-14/h3-4,7,9-10,13H,5-6,8H2,1-2H3,(H,20,21,23,24)/b4-3+. The van der Waals surface area contributed by atoms with Crippen LogP contribution in [0.2, 0.25) is 0 Å². The Morgan fingerprint density at radius 2 is 2.18 bits per heavy atom. The van der Waals surface area contributed by atoms with E-state index < -0.39 is 0 Å². The minimum absolute atomic E-state index is 0.00568. The molecule has 4 rings (SSSR count). The van der Waals surface area contributed by atoms with Gasteiger partial charge in [-0.15, -0.1) is 21.5 Å². The van der Waals surface area contributed by atoms with E-state index in [-0.39, 0.29) is 11.8 Å². The molecular weight excluding hydrogens is 394 g/mol. The predicted octanol–water partition coefficient (Wildman–Crippen LogP) is 3.17. The van der Waals surface area contributed by atoms with Crippen LogP contribution in [0.1, 0.15) is 34.6 Å². The Morgan fingerprint density at radius 3 is 2.93 bits per heavy atom. The highest BCUT2D eigenvalue weighted by atomic mass is 32.1. The molecule has 8 nitrogen and oxygen atoms in total. The van der Waals surface area contributed by atoms with E-state index in [1.54, 1.807) is 29.0 Å². The molecule has 28 heavy (non-hydrogen) atoms. The average molecular weight is 414 g/mol. The summed E-state index contributed by atoms with van der Waals surface area (Å²) < 4.78 is 0. The Balaban J connectivity index is 1.42. The number of hydrogen-bond donors (Lipinski definition) is 1. The van der Waals surface area contributed by atoms with E-state index in [2.05, 4.69) is 30.5 Å². The van der Waals surface area contributed by atoms with Crippen molar-refractivity contribution in [2.75, 3.05) is 18.4 Å². The molecule has 0 bridgehead atoms. The van der Waals surface area contributed by atoms with Crippen LogP contribution in [-0.4, -0.2) is 49.0 Å². The Hall–Kier alpha value is -2.72. The summed E-state index contributed by atoms with van der Waals surface area (Å²) in [6.07, 6.45) is 4.26. The van der Waals surface area contributed by atoms with Gasteiger partial charge in [-0.25, -0.2) is 15.0 Å². The minimum Gasteiger partial charge on any atom is -0.338 e. The van der Waals surface area contributed by atoms with Gasteiger partial charge in [-0.1, -0.05) is 11.3 Å². The number of aryl methyl sites for hydroxylation is 2. The second-order valence-corrected chi connectivity index (χ2v) is 8.38. The lowest BCUT2D eigenvalue weighted by atomic mass is 10.0. The van der Waals surface area contributed by atoms with Crippen molar-refractivity contribution in [3.8, 4) is 0 Å². The number of nitrogens with one attached hydrogen (secondary N) is 1. The molecule has 3 aromatic heterocycles. The number of amides is 1. The molecule has 0 aliphatic carbocycles. The lowest BCUT2D eigenvalue weighted by molar-refractivity contribution is -0.124. The summed E-state index contributed by atoms with van der Waals surface area (Å²) in [6.45, 7) is 5.18. The molecule has 1 unspecified atom stereocenters. The van der Waals surface area contributed by atoms with Crippen LogP contribution in [0.5, 0.6) is 0 Å². The Bertz CT molecular complexity index is 999. The van der Waals surface area contributed by atoms with Crippen molar-refractivity contribution < 1.29 is 4.79 Å². The van der Waals surface area contributed by atoms with Gasteiger partial charge in [0.15, 0.2) is 0 Å². The van der Waals surface area contributed by atoms with Crippen LogP contribution in [0.3, 0.4) is 0 Å². The Kier molecular flexibility index (Phi) is 5.40. The molecule has 1 amide bonds. The van der Waals surface area contributed by atoms with Crippen molar-refractivity contribution in [2.45, 2.75) is 26.2 Å². The predicted molar refractivity (Wildman–Crippen MR) is 110 cm³/mol. The lowest BCUT2D eigenvalue weighted by Gasteiger charge is -2.15. The number of anilines is 2. The number of carbonyl (C=O) groups is 1. The molecule has 0 aromatic carbocycles. The topological polar surface area (TPSA) is 96.8 Å². The molecule has 0 saturated carbocycles. The maximum absolute atomic E-state index is 12.5. The fourth-order valence-electron chi connectivity index (χ4n) is 3.12. The minimum atomic E-state index is 0.00568. The highest BCUT2D eigenvalue weighted by Crippen LogP contribution is 2.28. The molecular formula is C18H19N7OS2. The van der Waals surface area contributed by atoms with Crippen molar-refractivity contribution in [3.05, 3.63) is 45.3 Å². The first-order chi connectivity index (χ1) is 13.6. The highest BCUT2D eigenvalue weighted by Gasteiger charge is 2.27. The fraction of sp³-hybridized carbons (Fsp3) is 0.333. The van der Waals surface area contributed by atoms with Gasteiger partial charge >= 0.3 is 0 Å². The SMILES string of the molecule is Cc1nc(Nc2nncs2)cc(C2CCN(C(=O)/C=C/c3csc(C)n3)C2)n1. The quantitative estimate of drug-likeness (QED) is 0.642. The van der Waals surface area contributed by atoms with Gasteiger partial charge in [-0.3, -0.25) is 4.79 Å². The molecule has 1 aliphatic rings. The lowest BCUT2D eigenvalue weighted by Crippen LogP contribution is -2.26. The van der Waals surface area contributed by atoms with Crippen molar-refractivity contribution in [1.29, 1.82) is 0 Å². The smallest absolute Gasteiger partial charge is 0.246 e. The Labute approximate surface area is 170 Å². The third kappa shape index (κ3) is 4.39. The van der Waals surface area contributed by atoms with E-state index >= 15 is 0 Å². The number of aromatic nitrogens is 5. The van der Waals surface area contributed by atoms with Crippen LogP contribution in [0.15, 0.2) is 23.0 Å². The number of carbonyl (C=O) groups excluding carboxylic acids is 1. The number of likely N-dealkylation sites (tertiary alicyclic amines) is 1. The van der Waals surface area contributed by atoms with Gasteiger partial charge in [0.25, 0.3) is 0 Å². The summed E-state index contributed by atoms with van der Waals surface area (Å²) in [7, 11) is 0. The average Bonchev–Trinajstić information content (AvgIpc) is 3.41. The summed E-state index contributed by atoms with van der Waals surface area (Å²) in [4.78, 5) is 27.7. The van der Waals surface area contributed by atoms with E-state index in [4.69, 9.17) is 0 Å². The first-order valence-electron chi connectivity index (χ1n) is 8.85. The van der Waals surface area contributed by atoms with E-state index in [1.807, 2.05) is 30.2 Å². The second kappa shape index (κ2) is 8.11. The van der Waals surface area contributed by atoms with Gasteiger partial charge < -0.3 is 10.2 Å². The second-order valence-electron chi connectivity index (χ2n) is 6.49.